The van der Waals surface area contributed by atoms with Crippen LogP contribution in [0, 0.1) is 5.92 Å². The maximum Gasteiger partial charge on any atom is 0.166 e. The minimum absolute atomic E-state index is 0.0274. The number of aliphatic hydroxyl groups excluding tert-OH is 1. The molecule has 1 heterocycles. The molecule has 0 aliphatic carbocycles. The van der Waals surface area contributed by atoms with Crippen LogP contribution in [0.25, 0.3) is 0 Å². The fourth-order valence-corrected chi connectivity index (χ4v) is 3.55. The zero-order chi connectivity index (χ0) is 11.3. The molecule has 5 nitrogen and oxygen atoms in total. The van der Waals surface area contributed by atoms with Gasteiger partial charge in [0.15, 0.2) is 14.9 Å². The third-order valence-electron chi connectivity index (χ3n) is 2.28. The van der Waals surface area contributed by atoms with E-state index in [0.29, 0.717) is 24.6 Å². The second kappa shape index (κ2) is 5.62. The van der Waals surface area contributed by atoms with Crippen molar-refractivity contribution in [3.63, 3.8) is 0 Å². The quantitative estimate of drug-likeness (QED) is 0.550. The first-order valence-corrected chi connectivity index (χ1v) is 7.09. The Balaban J connectivity index is 2.18. The van der Waals surface area contributed by atoms with E-state index in [-0.39, 0.29) is 24.0 Å². The van der Waals surface area contributed by atoms with Gasteiger partial charge in [0.1, 0.15) is 0 Å². The van der Waals surface area contributed by atoms with Crippen LogP contribution in [0.3, 0.4) is 0 Å². The lowest BCUT2D eigenvalue weighted by Crippen LogP contribution is -2.39. The molecule has 1 aliphatic rings. The minimum atomic E-state index is -2.80. The topological polar surface area (TPSA) is 78.4 Å². The number of hydrogen-bond donors (Lipinski definition) is 3. The van der Waals surface area contributed by atoms with Gasteiger partial charge in [0, 0.05) is 13.1 Å². The Hall–Kier alpha value is -0.400. The van der Waals surface area contributed by atoms with Crippen molar-refractivity contribution in [1.82, 2.24) is 10.6 Å². The largest absolute Gasteiger partial charge is 0.395 e. The van der Waals surface area contributed by atoms with Gasteiger partial charge in [0.25, 0.3) is 0 Å². The second-order valence-electron chi connectivity index (χ2n) is 3.63. The number of sulfone groups is 1. The van der Waals surface area contributed by atoms with E-state index >= 15 is 0 Å². The normalized spacial score (nSPS) is 23.7. The molecular weight excluding hydrogens is 236 g/mol. The van der Waals surface area contributed by atoms with Gasteiger partial charge in [-0.25, -0.2) is 8.42 Å². The molecule has 0 aromatic carbocycles. The number of hydrogen-bond acceptors (Lipinski definition) is 4. The Kier molecular flexibility index (Phi) is 4.75. The van der Waals surface area contributed by atoms with Crippen molar-refractivity contribution in [2.24, 2.45) is 5.92 Å². The maximum absolute atomic E-state index is 11.1. The summed E-state index contributed by atoms with van der Waals surface area (Å²) in [5.41, 5.74) is 0. The lowest BCUT2D eigenvalue weighted by Gasteiger charge is -2.12. The minimum Gasteiger partial charge on any atom is -0.395 e. The van der Waals surface area contributed by atoms with Crippen molar-refractivity contribution in [2.75, 3.05) is 31.2 Å². The van der Waals surface area contributed by atoms with E-state index in [1.54, 1.807) is 0 Å². The molecule has 88 valence electrons. The van der Waals surface area contributed by atoms with Crippen molar-refractivity contribution in [3.05, 3.63) is 0 Å². The van der Waals surface area contributed by atoms with Crippen molar-refractivity contribution < 1.29 is 13.5 Å². The van der Waals surface area contributed by atoms with E-state index in [1.807, 2.05) is 0 Å². The molecule has 0 bridgehead atoms. The third-order valence-corrected chi connectivity index (χ3v) is 4.40. The highest BCUT2D eigenvalue weighted by molar-refractivity contribution is 7.91. The first kappa shape index (κ1) is 12.7. The molecule has 0 amide bonds. The third kappa shape index (κ3) is 4.76. The first-order valence-electron chi connectivity index (χ1n) is 4.86. The monoisotopic (exact) mass is 252 g/mol. The number of rotatable bonds is 4. The van der Waals surface area contributed by atoms with Crippen LogP contribution in [0.2, 0.25) is 0 Å². The molecule has 0 radical (unpaired) electrons. The molecular formula is C8H16N2O3S2. The van der Waals surface area contributed by atoms with Gasteiger partial charge >= 0.3 is 0 Å². The molecule has 1 fully saturated rings. The van der Waals surface area contributed by atoms with Crippen molar-refractivity contribution in [2.45, 2.75) is 6.42 Å². The van der Waals surface area contributed by atoms with Gasteiger partial charge in [-0.05, 0) is 24.6 Å². The van der Waals surface area contributed by atoms with Gasteiger partial charge in [-0.2, -0.15) is 0 Å². The standard InChI is InChI=1S/C8H16N2O3S2/c11-3-2-9-8(14)10-5-7-1-4-15(12,13)6-7/h7,11H,1-6H2,(H2,9,10,14)/t7-/m0/s1. The van der Waals surface area contributed by atoms with Crippen LogP contribution >= 0.6 is 12.2 Å². The predicted octanol–water partition coefficient (Wildman–Crippen LogP) is -1.12. The fraction of sp³-hybridized carbons (Fsp3) is 0.875. The summed E-state index contributed by atoms with van der Waals surface area (Å²) in [5.74, 6) is 0.697. The smallest absolute Gasteiger partial charge is 0.166 e. The average molecular weight is 252 g/mol. The predicted molar refractivity (Wildman–Crippen MR) is 62.5 cm³/mol. The van der Waals surface area contributed by atoms with Gasteiger partial charge in [-0.15, -0.1) is 0 Å². The first-order chi connectivity index (χ1) is 7.03. The Morgan fingerprint density at radius 2 is 2.20 bits per heavy atom. The van der Waals surface area contributed by atoms with Crippen LogP contribution in [0.15, 0.2) is 0 Å². The summed E-state index contributed by atoms with van der Waals surface area (Å²) in [4.78, 5) is 0. The van der Waals surface area contributed by atoms with Crippen molar-refractivity contribution in [3.8, 4) is 0 Å². The summed E-state index contributed by atoms with van der Waals surface area (Å²) in [5, 5.41) is 14.7. The molecule has 0 aromatic heterocycles. The molecule has 0 spiro atoms. The molecule has 0 aromatic rings. The molecule has 0 unspecified atom stereocenters. The Morgan fingerprint density at radius 3 is 2.73 bits per heavy atom. The average Bonchev–Trinajstić information content (AvgIpc) is 2.52. The Labute approximate surface area is 95.2 Å². The highest BCUT2D eigenvalue weighted by Gasteiger charge is 2.27. The lowest BCUT2D eigenvalue weighted by atomic mass is 10.1. The zero-order valence-corrected chi connectivity index (χ0v) is 10.0. The SMILES string of the molecule is O=S1(=O)CC[C@@H](CNC(=S)NCCO)C1. The highest BCUT2D eigenvalue weighted by atomic mass is 32.2. The van der Waals surface area contributed by atoms with Crippen molar-refractivity contribution in [1.29, 1.82) is 0 Å². The summed E-state index contributed by atoms with van der Waals surface area (Å²) >= 11 is 4.93. The molecule has 1 aliphatic heterocycles. The van der Waals surface area contributed by atoms with E-state index in [1.165, 1.54) is 0 Å². The lowest BCUT2D eigenvalue weighted by molar-refractivity contribution is 0.300. The molecule has 7 heteroatoms. The summed E-state index contributed by atoms with van der Waals surface area (Å²) in [6, 6.07) is 0. The van der Waals surface area contributed by atoms with Gasteiger partial charge in [0.05, 0.1) is 18.1 Å². The Bertz CT molecular complexity index is 316. The van der Waals surface area contributed by atoms with E-state index in [0.717, 1.165) is 0 Å². The Morgan fingerprint density at radius 1 is 1.47 bits per heavy atom. The summed E-state index contributed by atoms with van der Waals surface area (Å²) in [6.07, 6.45) is 0.706. The number of nitrogens with one attached hydrogen (secondary N) is 2. The molecule has 0 saturated carbocycles. The molecule has 3 N–H and O–H groups in total. The van der Waals surface area contributed by atoms with Gasteiger partial charge in [-0.1, -0.05) is 0 Å². The van der Waals surface area contributed by atoms with Gasteiger partial charge < -0.3 is 15.7 Å². The van der Waals surface area contributed by atoms with Crippen LogP contribution in [-0.4, -0.2) is 49.8 Å². The fourth-order valence-electron chi connectivity index (χ4n) is 1.50. The van der Waals surface area contributed by atoms with Crippen LogP contribution < -0.4 is 10.6 Å². The maximum atomic E-state index is 11.1. The zero-order valence-electron chi connectivity index (χ0n) is 8.40. The van der Waals surface area contributed by atoms with Crippen LogP contribution in [0.5, 0.6) is 0 Å². The van der Waals surface area contributed by atoms with E-state index < -0.39 is 9.84 Å². The van der Waals surface area contributed by atoms with Crippen LogP contribution in [0.4, 0.5) is 0 Å². The number of aliphatic hydroxyl groups is 1. The summed E-state index contributed by atoms with van der Waals surface area (Å²) < 4.78 is 22.3. The van der Waals surface area contributed by atoms with Gasteiger partial charge in [-0.3, -0.25) is 0 Å². The molecule has 1 rings (SSSR count). The second-order valence-corrected chi connectivity index (χ2v) is 6.27. The molecule has 1 saturated heterocycles. The molecule has 15 heavy (non-hydrogen) atoms. The number of thiocarbonyl (C=S) groups is 1. The van der Waals surface area contributed by atoms with E-state index in [4.69, 9.17) is 17.3 Å². The molecule has 1 atom stereocenters. The highest BCUT2D eigenvalue weighted by Crippen LogP contribution is 2.17. The van der Waals surface area contributed by atoms with Crippen LogP contribution in [0.1, 0.15) is 6.42 Å². The summed E-state index contributed by atoms with van der Waals surface area (Å²) in [7, 11) is -2.80. The van der Waals surface area contributed by atoms with E-state index in [2.05, 4.69) is 10.6 Å². The van der Waals surface area contributed by atoms with Crippen LogP contribution in [-0.2, 0) is 9.84 Å². The van der Waals surface area contributed by atoms with Gasteiger partial charge in [0.2, 0.25) is 0 Å². The van der Waals surface area contributed by atoms with Crippen molar-refractivity contribution >= 4 is 27.2 Å². The summed E-state index contributed by atoms with van der Waals surface area (Å²) in [6.45, 7) is 1.02. The van der Waals surface area contributed by atoms with E-state index in [9.17, 15) is 8.42 Å².